The number of fused-ring (bicyclic) bond motifs is 1. The van der Waals surface area contributed by atoms with Gasteiger partial charge < -0.3 is 31.3 Å². The summed E-state index contributed by atoms with van der Waals surface area (Å²) in [6.07, 6.45) is 1.14. The van der Waals surface area contributed by atoms with Crippen LogP contribution < -0.4 is 25.8 Å². The molecule has 4 aromatic carbocycles. The SMILES string of the molecule is COc1cc(NC(=O)c2cc(C=N)c(N)c(-c3cc4ccccc4s3)c2)c(OC)cc1NC(=O)c1ccccc1. The summed E-state index contributed by atoms with van der Waals surface area (Å²) in [5.41, 5.74) is 9.48. The summed E-state index contributed by atoms with van der Waals surface area (Å²) in [5.74, 6) is -0.0757. The van der Waals surface area contributed by atoms with E-state index in [2.05, 4.69) is 10.6 Å². The lowest BCUT2D eigenvalue weighted by molar-refractivity contribution is 0.101. The largest absolute Gasteiger partial charge is 0.494 e. The summed E-state index contributed by atoms with van der Waals surface area (Å²) < 4.78 is 12.1. The van der Waals surface area contributed by atoms with E-state index < -0.39 is 5.91 Å². The Morgan fingerprint density at radius 3 is 2.00 bits per heavy atom. The highest BCUT2D eigenvalue weighted by Gasteiger charge is 2.19. The van der Waals surface area contributed by atoms with Gasteiger partial charge >= 0.3 is 0 Å². The van der Waals surface area contributed by atoms with Crippen LogP contribution in [-0.2, 0) is 0 Å². The predicted octanol–water partition coefficient (Wildman–Crippen LogP) is 6.67. The number of benzene rings is 4. The van der Waals surface area contributed by atoms with E-state index in [4.69, 9.17) is 20.6 Å². The Labute approximate surface area is 234 Å². The quantitative estimate of drug-likeness (QED) is 0.127. The molecule has 0 bridgehead atoms. The van der Waals surface area contributed by atoms with Crippen molar-refractivity contribution in [3.8, 4) is 21.9 Å². The van der Waals surface area contributed by atoms with Crippen molar-refractivity contribution in [1.29, 1.82) is 5.41 Å². The van der Waals surface area contributed by atoms with E-state index in [1.807, 2.05) is 36.4 Å². The topological polar surface area (TPSA) is 127 Å². The average molecular weight is 551 g/mol. The number of carbonyl (C=O) groups excluding carboxylic acids is 2. The molecule has 1 aromatic heterocycles. The Morgan fingerprint density at radius 2 is 1.40 bits per heavy atom. The first-order valence-electron chi connectivity index (χ1n) is 12.3. The minimum atomic E-state index is -0.424. The number of amides is 2. The minimum absolute atomic E-state index is 0.312. The van der Waals surface area contributed by atoms with E-state index in [1.54, 1.807) is 59.9 Å². The molecule has 5 aromatic rings. The van der Waals surface area contributed by atoms with Crippen molar-refractivity contribution in [3.05, 3.63) is 102 Å². The fourth-order valence-electron chi connectivity index (χ4n) is 4.32. The molecule has 5 rings (SSSR count). The maximum absolute atomic E-state index is 13.5. The molecule has 9 heteroatoms. The molecule has 0 fully saturated rings. The molecule has 40 heavy (non-hydrogen) atoms. The third kappa shape index (κ3) is 5.23. The monoisotopic (exact) mass is 550 g/mol. The van der Waals surface area contributed by atoms with Crippen molar-refractivity contribution in [2.75, 3.05) is 30.6 Å². The van der Waals surface area contributed by atoms with E-state index in [-0.39, 0.29) is 5.91 Å². The maximum Gasteiger partial charge on any atom is 0.255 e. The van der Waals surface area contributed by atoms with Gasteiger partial charge in [-0.3, -0.25) is 9.59 Å². The van der Waals surface area contributed by atoms with Crippen LogP contribution in [0.5, 0.6) is 11.5 Å². The summed E-state index contributed by atoms with van der Waals surface area (Å²) in [6.45, 7) is 0. The van der Waals surface area contributed by atoms with Crippen LogP contribution in [0.15, 0.2) is 84.9 Å². The number of nitrogen functional groups attached to an aromatic ring is 1. The van der Waals surface area contributed by atoms with Gasteiger partial charge in [-0.25, -0.2) is 0 Å². The third-order valence-corrected chi connectivity index (χ3v) is 7.52. The normalized spacial score (nSPS) is 10.7. The molecule has 0 aliphatic carbocycles. The molecular weight excluding hydrogens is 524 g/mol. The minimum Gasteiger partial charge on any atom is -0.494 e. The highest BCUT2D eigenvalue weighted by molar-refractivity contribution is 7.22. The van der Waals surface area contributed by atoms with Gasteiger partial charge in [0, 0.05) is 55.9 Å². The molecule has 8 nitrogen and oxygen atoms in total. The van der Waals surface area contributed by atoms with Crippen LogP contribution in [0.4, 0.5) is 17.1 Å². The highest BCUT2D eigenvalue weighted by Crippen LogP contribution is 2.39. The van der Waals surface area contributed by atoms with Crippen LogP contribution in [-0.4, -0.2) is 32.2 Å². The molecule has 0 aliphatic heterocycles. The maximum atomic E-state index is 13.5. The standard InChI is InChI=1S/C31H26N4O4S/c1-38-25-16-24(26(39-2)15-23(25)34-30(36)18-8-4-3-5-9-18)35-31(37)20-12-21(17-32)29(33)22(13-20)28-14-19-10-6-7-11-27(19)40-28/h3-17,32H,33H2,1-2H3,(H,34,36)(H,35,37). The average Bonchev–Trinajstić information content (AvgIpc) is 3.42. The van der Waals surface area contributed by atoms with Gasteiger partial charge in [0.2, 0.25) is 0 Å². The highest BCUT2D eigenvalue weighted by atomic mass is 32.1. The van der Waals surface area contributed by atoms with E-state index in [1.165, 1.54) is 14.2 Å². The molecular formula is C31H26N4O4S. The number of nitrogens with one attached hydrogen (secondary N) is 3. The van der Waals surface area contributed by atoms with E-state index in [9.17, 15) is 9.59 Å². The van der Waals surface area contributed by atoms with Crippen LogP contribution in [0.3, 0.4) is 0 Å². The number of hydrogen-bond donors (Lipinski definition) is 4. The molecule has 2 amide bonds. The first kappa shape index (κ1) is 26.5. The van der Waals surface area contributed by atoms with Crippen molar-refractivity contribution >= 4 is 56.5 Å². The molecule has 0 atom stereocenters. The summed E-state index contributed by atoms with van der Waals surface area (Å²) >= 11 is 1.57. The van der Waals surface area contributed by atoms with Crippen molar-refractivity contribution in [1.82, 2.24) is 0 Å². The Morgan fingerprint density at radius 1 is 0.800 bits per heavy atom. The number of hydrogen-bond acceptors (Lipinski definition) is 7. The Balaban J connectivity index is 1.47. The van der Waals surface area contributed by atoms with Gasteiger partial charge in [-0.2, -0.15) is 0 Å². The van der Waals surface area contributed by atoms with Gasteiger partial charge in [-0.15, -0.1) is 11.3 Å². The summed E-state index contributed by atoms with van der Waals surface area (Å²) in [6, 6.07) is 25.3. The second kappa shape index (κ2) is 11.3. The summed E-state index contributed by atoms with van der Waals surface area (Å²) in [4.78, 5) is 27.1. The van der Waals surface area contributed by atoms with Gasteiger partial charge in [0.25, 0.3) is 11.8 Å². The first-order valence-corrected chi connectivity index (χ1v) is 13.1. The van der Waals surface area contributed by atoms with Gasteiger partial charge in [-0.05, 0) is 41.8 Å². The zero-order valence-electron chi connectivity index (χ0n) is 21.8. The van der Waals surface area contributed by atoms with Crippen LogP contribution in [0, 0.1) is 5.41 Å². The van der Waals surface area contributed by atoms with Gasteiger partial charge in [0.1, 0.15) is 11.5 Å². The summed E-state index contributed by atoms with van der Waals surface area (Å²) in [7, 11) is 2.94. The molecule has 0 unspecified atom stereocenters. The van der Waals surface area contributed by atoms with E-state index >= 15 is 0 Å². The second-order valence-electron chi connectivity index (χ2n) is 8.85. The number of thiophene rings is 1. The lowest BCUT2D eigenvalue weighted by Gasteiger charge is -2.17. The van der Waals surface area contributed by atoms with Crippen LogP contribution in [0.1, 0.15) is 26.3 Å². The zero-order valence-corrected chi connectivity index (χ0v) is 22.6. The number of carbonyl (C=O) groups is 2. The molecule has 0 saturated carbocycles. The number of ether oxygens (including phenoxy) is 2. The van der Waals surface area contributed by atoms with Crippen LogP contribution in [0.2, 0.25) is 0 Å². The zero-order chi connectivity index (χ0) is 28.2. The van der Waals surface area contributed by atoms with E-state index in [0.29, 0.717) is 50.8 Å². The number of nitrogens with two attached hydrogens (primary N) is 1. The fraction of sp³-hybridized carbons (Fsp3) is 0.0645. The van der Waals surface area contributed by atoms with Crippen LogP contribution >= 0.6 is 11.3 Å². The van der Waals surface area contributed by atoms with Crippen molar-refractivity contribution < 1.29 is 19.1 Å². The van der Waals surface area contributed by atoms with Crippen molar-refractivity contribution in [2.45, 2.75) is 0 Å². The smallest absolute Gasteiger partial charge is 0.255 e. The number of rotatable bonds is 8. The molecule has 0 spiro atoms. The number of methoxy groups -OCH3 is 2. The number of anilines is 3. The molecule has 0 radical (unpaired) electrons. The Kier molecular flexibility index (Phi) is 7.48. The lowest BCUT2D eigenvalue weighted by atomic mass is 10.0. The Hall–Kier alpha value is -5.15. The second-order valence-corrected chi connectivity index (χ2v) is 9.93. The van der Waals surface area contributed by atoms with Crippen molar-refractivity contribution in [2.24, 2.45) is 0 Å². The van der Waals surface area contributed by atoms with E-state index in [0.717, 1.165) is 21.2 Å². The lowest BCUT2D eigenvalue weighted by Crippen LogP contribution is -2.15. The predicted molar refractivity (Wildman–Crippen MR) is 161 cm³/mol. The van der Waals surface area contributed by atoms with Gasteiger partial charge in [0.15, 0.2) is 0 Å². The molecule has 0 saturated heterocycles. The van der Waals surface area contributed by atoms with Crippen molar-refractivity contribution in [3.63, 3.8) is 0 Å². The van der Waals surface area contributed by atoms with Crippen LogP contribution in [0.25, 0.3) is 20.5 Å². The summed E-state index contributed by atoms with van der Waals surface area (Å²) in [5, 5.41) is 14.6. The first-order chi connectivity index (χ1) is 19.4. The van der Waals surface area contributed by atoms with Gasteiger partial charge in [-0.1, -0.05) is 36.4 Å². The fourth-order valence-corrected chi connectivity index (χ4v) is 5.41. The molecule has 1 heterocycles. The Bertz CT molecular complexity index is 1710. The van der Waals surface area contributed by atoms with Gasteiger partial charge in [0.05, 0.1) is 25.6 Å². The molecule has 0 aliphatic rings. The molecule has 200 valence electrons. The molecule has 5 N–H and O–H groups in total. The third-order valence-electron chi connectivity index (χ3n) is 6.37.